The molecular weight excluding hydrogens is 811 g/mol. The van der Waals surface area contributed by atoms with E-state index in [9.17, 15) is 40.5 Å². The first-order chi connectivity index (χ1) is 31.2. The van der Waals surface area contributed by atoms with E-state index in [-0.39, 0.29) is 12.8 Å². The van der Waals surface area contributed by atoms with Crippen molar-refractivity contribution < 1.29 is 50.0 Å². The Balaban J connectivity index is 2.36. The minimum absolute atomic E-state index is 0.259. The van der Waals surface area contributed by atoms with E-state index in [0.29, 0.717) is 12.8 Å². The number of hydrogen-bond acceptors (Lipinski definition) is 10. The Morgan fingerprint density at radius 2 is 0.922 bits per heavy atom. The van der Waals surface area contributed by atoms with Crippen molar-refractivity contribution in [3.63, 3.8) is 0 Å². The summed E-state index contributed by atoms with van der Waals surface area (Å²) < 4.78 is 11.1. The van der Waals surface area contributed by atoms with Crippen molar-refractivity contribution in [2.45, 2.75) is 306 Å². The minimum Gasteiger partial charge on any atom is -0.394 e. The SMILES string of the molecule is CCCCCCCCCCCCC/C=C/CCCC(O)C(O)C(COC1OC(CO)C(O)C(O)C1O)NC(=O)C(O)CCCCCCCCCCCCCCCCCCCCCCC. The molecule has 0 spiro atoms. The number of amides is 1. The standard InChI is InChI=1S/C53H103NO10/c1-3-5-7-9-11-13-15-17-19-21-22-23-24-25-27-29-31-33-35-37-39-41-46(57)52(62)54-44(43-63-53-51(61)50(60)49(59)47(42-55)64-53)48(58)45(56)40-38-36-34-32-30-28-26-20-18-16-14-12-10-8-6-4-2/h32,34,44-51,53,55-61H,3-31,33,35-43H2,1-2H3,(H,54,62)/b34-32+. The molecule has 0 radical (unpaired) electrons. The van der Waals surface area contributed by atoms with Gasteiger partial charge in [0, 0.05) is 0 Å². The molecule has 0 aromatic rings. The summed E-state index contributed by atoms with van der Waals surface area (Å²) in [6.07, 6.45) is 36.9. The zero-order chi connectivity index (χ0) is 46.9. The largest absolute Gasteiger partial charge is 0.394 e. The highest BCUT2D eigenvalue weighted by Crippen LogP contribution is 2.23. The molecule has 11 nitrogen and oxygen atoms in total. The lowest BCUT2D eigenvalue weighted by atomic mass is 9.98. The summed E-state index contributed by atoms with van der Waals surface area (Å²) in [5.74, 6) is -0.702. The molecule has 9 unspecified atom stereocenters. The van der Waals surface area contributed by atoms with Gasteiger partial charge in [0.1, 0.15) is 36.6 Å². The van der Waals surface area contributed by atoms with Crippen LogP contribution < -0.4 is 5.32 Å². The highest BCUT2D eigenvalue weighted by Gasteiger charge is 2.44. The molecule has 0 aromatic heterocycles. The maximum Gasteiger partial charge on any atom is 0.249 e. The van der Waals surface area contributed by atoms with Gasteiger partial charge in [-0.3, -0.25) is 4.79 Å². The highest BCUT2D eigenvalue weighted by atomic mass is 16.7. The van der Waals surface area contributed by atoms with E-state index in [1.807, 2.05) is 0 Å². The molecule has 9 atom stereocenters. The van der Waals surface area contributed by atoms with Crippen LogP contribution in [0, 0.1) is 0 Å². The topological polar surface area (TPSA) is 189 Å². The third kappa shape index (κ3) is 31.8. The van der Waals surface area contributed by atoms with Gasteiger partial charge in [0.05, 0.1) is 25.4 Å². The Labute approximate surface area is 392 Å². The molecule has 1 fully saturated rings. The fourth-order valence-corrected chi connectivity index (χ4v) is 8.85. The first kappa shape index (κ1) is 60.9. The zero-order valence-corrected chi connectivity index (χ0v) is 41.3. The molecule has 0 saturated carbocycles. The molecule has 0 bridgehead atoms. The van der Waals surface area contributed by atoms with E-state index in [1.54, 1.807) is 0 Å². The fraction of sp³-hybridized carbons (Fsp3) is 0.943. The van der Waals surface area contributed by atoms with Crippen molar-refractivity contribution in [2.24, 2.45) is 0 Å². The van der Waals surface area contributed by atoms with Gasteiger partial charge in [-0.25, -0.2) is 0 Å². The second kappa shape index (κ2) is 43.2. The van der Waals surface area contributed by atoms with Crippen molar-refractivity contribution in [3.05, 3.63) is 12.2 Å². The smallest absolute Gasteiger partial charge is 0.249 e. The normalized spacial score (nSPS) is 21.0. The van der Waals surface area contributed by atoms with Crippen molar-refractivity contribution in [3.8, 4) is 0 Å². The van der Waals surface area contributed by atoms with Crippen LogP contribution in [0.15, 0.2) is 12.2 Å². The van der Waals surface area contributed by atoms with Gasteiger partial charge in [-0.05, 0) is 38.5 Å². The van der Waals surface area contributed by atoms with E-state index in [1.165, 1.54) is 173 Å². The number of nitrogens with one attached hydrogen (secondary N) is 1. The summed E-state index contributed by atoms with van der Waals surface area (Å²) >= 11 is 0. The van der Waals surface area contributed by atoms with Crippen LogP contribution in [0.2, 0.25) is 0 Å². The molecule has 64 heavy (non-hydrogen) atoms. The van der Waals surface area contributed by atoms with E-state index >= 15 is 0 Å². The van der Waals surface area contributed by atoms with Crippen LogP contribution in [-0.4, -0.2) is 110 Å². The maximum atomic E-state index is 13.1. The van der Waals surface area contributed by atoms with Crippen LogP contribution in [0.5, 0.6) is 0 Å². The second-order valence-electron chi connectivity index (χ2n) is 19.3. The molecule has 1 aliphatic rings. The van der Waals surface area contributed by atoms with E-state index < -0.39 is 74.2 Å². The van der Waals surface area contributed by atoms with E-state index in [0.717, 1.165) is 38.5 Å². The van der Waals surface area contributed by atoms with Crippen LogP contribution in [0.4, 0.5) is 0 Å². The Hall–Kier alpha value is -1.15. The fourth-order valence-electron chi connectivity index (χ4n) is 8.85. The molecule has 8 N–H and O–H groups in total. The number of rotatable bonds is 46. The number of carbonyl (C=O) groups is 1. The molecule has 1 amide bonds. The first-order valence-corrected chi connectivity index (χ1v) is 27.1. The quantitative estimate of drug-likeness (QED) is 0.0216. The van der Waals surface area contributed by atoms with Crippen LogP contribution in [0.1, 0.15) is 251 Å². The van der Waals surface area contributed by atoms with Gasteiger partial charge in [-0.15, -0.1) is 0 Å². The number of allylic oxidation sites excluding steroid dienone is 2. The molecule has 1 heterocycles. The average molecular weight is 914 g/mol. The van der Waals surface area contributed by atoms with Gasteiger partial charge in [0.15, 0.2) is 6.29 Å². The van der Waals surface area contributed by atoms with Gasteiger partial charge < -0.3 is 50.5 Å². The molecular formula is C53H103NO10. The summed E-state index contributed by atoms with van der Waals surface area (Å²) in [6.45, 7) is 3.46. The predicted octanol–water partition coefficient (Wildman–Crippen LogP) is 10.4. The molecule has 0 aromatic carbocycles. The summed E-state index contributed by atoms with van der Waals surface area (Å²) in [4.78, 5) is 13.1. The summed E-state index contributed by atoms with van der Waals surface area (Å²) in [5, 5.41) is 75.9. The van der Waals surface area contributed by atoms with Gasteiger partial charge in [0.25, 0.3) is 0 Å². The van der Waals surface area contributed by atoms with Crippen LogP contribution >= 0.6 is 0 Å². The molecule has 1 saturated heterocycles. The van der Waals surface area contributed by atoms with Crippen molar-refractivity contribution >= 4 is 5.91 Å². The lowest BCUT2D eigenvalue weighted by molar-refractivity contribution is -0.303. The minimum atomic E-state index is -1.66. The number of ether oxygens (including phenoxy) is 2. The Morgan fingerprint density at radius 3 is 1.34 bits per heavy atom. The van der Waals surface area contributed by atoms with Crippen molar-refractivity contribution in [2.75, 3.05) is 13.2 Å². The monoisotopic (exact) mass is 914 g/mol. The molecule has 1 rings (SSSR count). The second-order valence-corrected chi connectivity index (χ2v) is 19.3. The molecule has 0 aliphatic carbocycles. The first-order valence-electron chi connectivity index (χ1n) is 27.1. The van der Waals surface area contributed by atoms with Gasteiger partial charge >= 0.3 is 0 Å². The Bertz CT molecular complexity index is 1050. The van der Waals surface area contributed by atoms with Crippen LogP contribution in [0.25, 0.3) is 0 Å². The van der Waals surface area contributed by atoms with Crippen molar-refractivity contribution in [1.82, 2.24) is 5.32 Å². The average Bonchev–Trinajstić information content (AvgIpc) is 3.29. The molecule has 11 heteroatoms. The third-order valence-electron chi connectivity index (χ3n) is 13.3. The number of aliphatic hydroxyl groups is 7. The van der Waals surface area contributed by atoms with Crippen LogP contribution in [-0.2, 0) is 14.3 Å². The summed E-state index contributed by atoms with van der Waals surface area (Å²) in [5.41, 5.74) is 0. The Morgan fingerprint density at radius 1 is 0.531 bits per heavy atom. The predicted molar refractivity (Wildman–Crippen MR) is 261 cm³/mol. The lowest BCUT2D eigenvalue weighted by Gasteiger charge is -2.40. The highest BCUT2D eigenvalue weighted by molar-refractivity contribution is 5.80. The number of hydrogen-bond donors (Lipinski definition) is 8. The van der Waals surface area contributed by atoms with Gasteiger partial charge in [0.2, 0.25) is 5.91 Å². The van der Waals surface area contributed by atoms with Gasteiger partial charge in [-0.1, -0.05) is 225 Å². The molecule has 1 aliphatic heterocycles. The van der Waals surface area contributed by atoms with E-state index in [4.69, 9.17) is 9.47 Å². The maximum absolute atomic E-state index is 13.1. The third-order valence-corrected chi connectivity index (χ3v) is 13.3. The number of aliphatic hydroxyl groups excluding tert-OH is 7. The number of unbranched alkanes of at least 4 members (excludes halogenated alkanes) is 32. The number of carbonyl (C=O) groups excluding carboxylic acids is 1. The van der Waals surface area contributed by atoms with E-state index in [2.05, 4.69) is 31.3 Å². The van der Waals surface area contributed by atoms with Crippen LogP contribution in [0.3, 0.4) is 0 Å². The van der Waals surface area contributed by atoms with Gasteiger partial charge in [-0.2, -0.15) is 0 Å². The Kier molecular flexibility index (Phi) is 41.0. The zero-order valence-electron chi connectivity index (χ0n) is 41.3. The summed E-state index contributed by atoms with van der Waals surface area (Å²) in [7, 11) is 0. The summed E-state index contributed by atoms with van der Waals surface area (Å²) in [6, 6.07) is -1.18. The molecule has 380 valence electrons. The lowest BCUT2D eigenvalue weighted by Crippen LogP contribution is -2.60. The van der Waals surface area contributed by atoms with Crippen molar-refractivity contribution in [1.29, 1.82) is 0 Å².